The Morgan fingerprint density at radius 1 is 0.857 bits per heavy atom. The molecule has 0 N–H and O–H groups in total. The molecular formula is C23H31O4P. The van der Waals surface area contributed by atoms with Gasteiger partial charge in [0.15, 0.2) is 0 Å². The summed E-state index contributed by atoms with van der Waals surface area (Å²) < 4.78 is 23.8. The predicted molar refractivity (Wildman–Crippen MR) is 117 cm³/mol. The van der Waals surface area contributed by atoms with Gasteiger partial charge in [-0.2, -0.15) is 0 Å². The lowest BCUT2D eigenvalue weighted by Gasteiger charge is -2.39. The zero-order valence-electron chi connectivity index (χ0n) is 18.1. The molecule has 2 aromatic carbocycles. The van der Waals surface area contributed by atoms with Crippen molar-refractivity contribution < 1.29 is 18.9 Å². The normalized spacial score (nSPS) is 19.1. The van der Waals surface area contributed by atoms with Crippen molar-refractivity contribution in [2.45, 2.75) is 51.2 Å². The number of benzene rings is 2. The van der Waals surface area contributed by atoms with Gasteiger partial charge in [-0.05, 0) is 45.1 Å². The number of methoxy groups -OCH3 is 3. The quantitative estimate of drug-likeness (QED) is 0.626. The van der Waals surface area contributed by atoms with Crippen molar-refractivity contribution in [1.82, 2.24) is 0 Å². The monoisotopic (exact) mass is 402 g/mol. The van der Waals surface area contributed by atoms with Crippen LogP contribution in [0.15, 0.2) is 36.4 Å². The van der Waals surface area contributed by atoms with Gasteiger partial charge in [0.2, 0.25) is 0 Å². The Bertz CT molecular complexity index is 832. The Labute approximate surface area is 169 Å². The summed E-state index contributed by atoms with van der Waals surface area (Å²) in [6.45, 7) is 11.1. The van der Waals surface area contributed by atoms with E-state index in [1.165, 1.54) is 5.30 Å². The van der Waals surface area contributed by atoms with Crippen molar-refractivity contribution in [3.05, 3.63) is 36.4 Å². The molecule has 28 heavy (non-hydrogen) atoms. The van der Waals surface area contributed by atoms with Crippen molar-refractivity contribution in [2.75, 3.05) is 21.3 Å². The van der Waals surface area contributed by atoms with Crippen LogP contribution >= 0.6 is 7.92 Å². The molecular weight excluding hydrogens is 371 g/mol. The van der Waals surface area contributed by atoms with Crippen LogP contribution in [0.1, 0.15) is 34.6 Å². The highest BCUT2D eigenvalue weighted by Crippen LogP contribution is 2.63. The van der Waals surface area contributed by atoms with Crippen LogP contribution in [0.5, 0.6) is 17.2 Å². The van der Waals surface area contributed by atoms with E-state index in [9.17, 15) is 0 Å². The first-order valence-electron chi connectivity index (χ1n) is 9.51. The minimum Gasteiger partial charge on any atom is -0.496 e. The molecule has 0 amide bonds. The Morgan fingerprint density at radius 3 is 1.93 bits per heavy atom. The molecule has 0 aliphatic carbocycles. The number of ether oxygens (including phenoxy) is 4. The summed E-state index contributed by atoms with van der Waals surface area (Å²) in [6.07, 6.45) is 0. The summed E-state index contributed by atoms with van der Waals surface area (Å²) >= 11 is 0. The first kappa shape index (κ1) is 21.0. The lowest BCUT2D eigenvalue weighted by atomic mass is 10.0. The van der Waals surface area contributed by atoms with Gasteiger partial charge < -0.3 is 18.9 Å². The Balaban J connectivity index is 2.29. The van der Waals surface area contributed by atoms with Crippen LogP contribution in [0.25, 0.3) is 11.1 Å². The van der Waals surface area contributed by atoms with Gasteiger partial charge in [-0.15, -0.1) is 0 Å². The first-order chi connectivity index (χ1) is 13.2. The van der Waals surface area contributed by atoms with Crippen LogP contribution in [-0.2, 0) is 4.74 Å². The van der Waals surface area contributed by atoms with Gasteiger partial charge in [0.25, 0.3) is 0 Å². The fourth-order valence-corrected chi connectivity index (χ4v) is 7.08. The molecule has 0 radical (unpaired) electrons. The van der Waals surface area contributed by atoms with Crippen LogP contribution in [0.3, 0.4) is 0 Å². The lowest BCUT2D eigenvalue weighted by Crippen LogP contribution is -2.42. The average Bonchev–Trinajstić information content (AvgIpc) is 3.08. The summed E-state index contributed by atoms with van der Waals surface area (Å²) in [7, 11) is 4.45. The van der Waals surface area contributed by atoms with Crippen molar-refractivity contribution in [2.24, 2.45) is 0 Å². The maximum atomic E-state index is 6.53. The molecule has 0 bridgehead atoms. The van der Waals surface area contributed by atoms with Crippen LogP contribution in [0.2, 0.25) is 0 Å². The fourth-order valence-electron chi connectivity index (χ4n) is 3.72. The number of hydrogen-bond donors (Lipinski definition) is 0. The second-order valence-electron chi connectivity index (χ2n) is 8.51. The summed E-state index contributed by atoms with van der Waals surface area (Å²) in [5.74, 6) is 2.49. The standard InChI is InChI=1S/C23H31O4P/c1-22(2,3)28-20-15(19-16(24-6)12-10-13-17(19)25-7)11-9-14-18(20)27-21(28)23(4,5)26-8/h9-14,21H,1-8H3/t21-,28+/m0/s1. The molecule has 2 atom stereocenters. The molecule has 1 aliphatic heterocycles. The molecule has 0 aromatic heterocycles. The number of fused-ring (bicyclic) bond motifs is 1. The third-order valence-corrected chi connectivity index (χ3v) is 8.84. The molecule has 0 spiro atoms. The van der Waals surface area contributed by atoms with Gasteiger partial charge in [0.1, 0.15) is 28.7 Å². The van der Waals surface area contributed by atoms with Crippen molar-refractivity contribution >= 4 is 13.2 Å². The minimum absolute atomic E-state index is 0.0341. The molecule has 4 nitrogen and oxygen atoms in total. The van der Waals surface area contributed by atoms with E-state index in [-0.39, 0.29) is 11.0 Å². The van der Waals surface area contributed by atoms with E-state index in [1.807, 2.05) is 24.3 Å². The van der Waals surface area contributed by atoms with E-state index in [0.717, 1.165) is 28.4 Å². The topological polar surface area (TPSA) is 36.9 Å². The summed E-state index contributed by atoms with van der Waals surface area (Å²) in [4.78, 5) is 0. The summed E-state index contributed by atoms with van der Waals surface area (Å²) in [5, 5.41) is 1.29. The zero-order valence-corrected chi connectivity index (χ0v) is 19.0. The molecule has 0 saturated carbocycles. The van der Waals surface area contributed by atoms with Gasteiger partial charge in [0.05, 0.1) is 19.8 Å². The molecule has 0 fully saturated rings. The van der Waals surface area contributed by atoms with Gasteiger partial charge in [-0.1, -0.05) is 39.0 Å². The molecule has 3 rings (SSSR count). The number of hydrogen-bond acceptors (Lipinski definition) is 4. The largest absolute Gasteiger partial charge is 0.496 e. The molecule has 5 heteroatoms. The highest BCUT2D eigenvalue weighted by molar-refractivity contribution is 7.68. The average molecular weight is 402 g/mol. The predicted octanol–water partition coefficient (Wildman–Crippen LogP) is 5.42. The summed E-state index contributed by atoms with van der Waals surface area (Å²) in [5.41, 5.74) is 1.68. The molecule has 0 unspecified atom stereocenters. The molecule has 2 aromatic rings. The first-order valence-corrected chi connectivity index (χ1v) is 10.9. The van der Waals surface area contributed by atoms with Gasteiger partial charge in [0, 0.05) is 18.0 Å². The lowest BCUT2D eigenvalue weighted by molar-refractivity contribution is -0.0296. The SMILES string of the molecule is COc1cccc(OC)c1-c1cccc2c1[P@@](C(C)(C)C)[C@@H](C(C)(C)OC)O2. The minimum atomic E-state index is -0.697. The van der Waals surface area contributed by atoms with Crippen molar-refractivity contribution in [3.8, 4) is 28.4 Å². The summed E-state index contributed by atoms with van der Waals surface area (Å²) in [6, 6.07) is 12.1. The van der Waals surface area contributed by atoms with E-state index in [4.69, 9.17) is 18.9 Å². The van der Waals surface area contributed by atoms with E-state index >= 15 is 0 Å². The van der Waals surface area contributed by atoms with E-state index in [1.54, 1.807) is 21.3 Å². The van der Waals surface area contributed by atoms with Gasteiger partial charge in [-0.3, -0.25) is 0 Å². The smallest absolute Gasteiger partial charge is 0.150 e. The molecule has 0 saturated heterocycles. The molecule has 1 aliphatic rings. The van der Waals surface area contributed by atoms with Gasteiger partial charge in [-0.25, -0.2) is 0 Å². The van der Waals surface area contributed by atoms with Gasteiger partial charge >= 0.3 is 0 Å². The molecule has 1 heterocycles. The van der Waals surface area contributed by atoms with Crippen LogP contribution in [-0.4, -0.2) is 37.9 Å². The highest BCUT2D eigenvalue weighted by Gasteiger charge is 2.50. The van der Waals surface area contributed by atoms with E-state index < -0.39 is 13.5 Å². The van der Waals surface area contributed by atoms with E-state index in [2.05, 4.69) is 46.8 Å². The molecule has 152 valence electrons. The maximum Gasteiger partial charge on any atom is 0.150 e. The maximum absolute atomic E-state index is 6.53. The van der Waals surface area contributed by atoms with Crippen LogP contribution in [0, 0.1) is 0 Å². The highest BCUT2D eigenvalue weighted by atomic mass is 31.1. The van der Waals surface area contributed by atoms with E-state index in [0.29, 0.717) is 0 Å². The van der Waals surface area contributed by atoms with Crippen molar-refractivity contribution in [1.29, 1.82) is 0 Å². The zero-order chi connectivity index (χ0) is 20.7. The third-order valence-electron chi connectivity index (χ3n) is 5.25. The fraction of sp³-hybridized carbons (Fsp3) is 0.478. The van der Waals surface area contributed by atoms with Crippen LogP contribution in [0.4, 0.5) is 0 Å². The Kier molecular flexibility index (Phi) is 5.67. The third kappa shape index (κ3) is 3.49. The number of rotatable bonds is 5. The second kappa shape index (κ2) is 7.57. The Morgan fingerprint density at radius 2 is 1.43 bits per heavy atom. The van der Waals surface area contributed by atoms with Crippen LogP contribution < -0.4 is 19.5 Å². The Hall–Kier alpha value is -1.77. The second-order valence-corrected chi connectivity index (χ2v) is 11.5. The van der Waals surface area contributed by atoms with Crippen molar-refractivity contribution in [3.63, 3.8) is 0 Å².